The zero-order valence-corrected chi connectivity index (χ0v) is 8.21. The minimum atomic E-state index is 0.599. The van der Waals surface area contributed by atoms with Crippen LogP contribution in [0.4, 0.5) is 0 Å². The fraction of sp³-hybridized carbons (Fsp3) is 0.222. The number of aryl methyl sites for hydroxylation is 1. The number of nitrogens with zero attached hydrogens (tertiary/aromatic N) is 2. The van der Waals surface area contributed by atoms with Crippen LogP contribution in [0, 0.1) is 0 Å². The molecule has 2 rings (SSSR count). The molecular formula is C9H11N3S. The number of hydrogen-bond donors (Lipinski definition) is 1. The van der Waals surface area contributed by atoms with E-state index in [0.29, 0.717) is 6.54 Å². The monoisotopic (exact) mass is 193 g/mol. The van der Waals surface area contributed by atoms with Crippen LogP contribution < -0.4 is 5.73 Å². The van der Waals surface area contributed by atoms with Crippen molar-refractivity contribution in [3.63, 3.8) is 0 Å². The van der Waals surface area contributed by atoms with Crippen molar-refractivity contribution < 1.29 is 0 Å². The molecule has 0 aliphatic rings. The molecule has 0 aromatic carbocycles. The lowest BCUT2D eigenvalue weighted by Gasteiger charge is -1.95. The molecule has 0 atom stereocenters. The third-order valence-electron chi connectivity index (χ3n) is 1.95. The minimum absolute atomic E-state index is 0.599. The summed E-state index contributed by atoms with van der Waals surface area (Å²) < 4.78 is 1.80. The van der Waals surface area contributed by atoms with Crippen LogP contribution in [0.15, 0.2) is 23.8 Å². The first-order chi connectivity index (χ1) is 6.31. The van der Waals surface area contributed by atoms with Crippen LogP contribution in [-0.4, -0.2) is 9.78 Å². The quantitative estimate of drug-likeness (QED) is 0.787. The van der Waals surface area contributed by atoms with Crippen LogP contribution in [0.2, 0.25) is 0 Å². The zero-order valence-electron chi connectivity index (χ0n) is 7.40. The molecule has 0 bridgehead atoms. The van der Waals surface area contributed by atoms with E-state index in [1.165, 1.54) is 10.4 Å². The Bertz CT molecular complexity index is 402. The molecule has 0 saturated carbocycles. The van der Waals surface area contributed by atoms with Crippen molar-refractivity contribution in [3.05, 3.63) is 28.7 Å². The van der Waals surface area contributed by atoms with Gasteiger partial charge in [-0.3, -0.25) is 4.68 Å². The molecule has 0 radical (unpaired) electrons. The lowest BCUT2D eigenvalue weighted by atomic mass is 10.1. The van der Waals surface area contributed by atoms with Crippen LogP contribution in [0.1, 0.15) is 4.88 Å². The molecule has 4 heteroatoms. The maximum absolute atomic E-state index is 5.62. The third-order valence-corrected chi connectivity index (χ3v) is 2.89. The number of thiophene rings is 1. The summed E-state index contributed by atoms with van der Waals surface area (Å²) in [6.07, 6.45) is 3.86. The highest BCUT2D eigenvalue weighted by atomic mass is 32.1. The Balaban J connectivity index is 2.45. The van der Waals surface area contributed by atoms with Crippen LogP contribution >= 0.6 is 11.3 Å². The van der Waals surface area contributed by atoms with Gasteiger partial charge in [-0.1, -0.05) is 0 Å². The summed E-state index contributed by atoms with van der Waals surface area (Å²) >= 11 is 1.69. The average molecular weight is 193 g/mol. The van der Waals surface area contributed by atoms with Crippen molar-refractivity contribution in [2.24, 2.45) is 12.8 Å². The minimum Gasteiger partial charge on any atom is -0.326 e. The normalized spacial score (nSPS) is 10.6. The fourth-order valence-electron chi connectivity index (χ4n) is 1.32. The molecule has 2 aromatic rings. The number of hydrogen-bond acceptors (Lipinski definition) is 3. The lowest BCUT2D eigenvalue weighted by molar-refractivity contribution is 0.768. The molecular weight excluding hydrogens is 182 g/mol. The lowest BCUT2D eigenvalue weighted by Crippen LogP contribution is -1.94. The van der Waals surface area contributed by atoms with Gasteiger partial charge in [-0.05, 0) is 17.0 Å². The van der Waals surface area contributed by atoms with E-state index >= 15 is 0 Å². The van der Waals surface area contributed by atoms with Crippen LogP contribution in [-0.2, 0) is 13.6 Å². The van der Waals surface area contributed by atoms with Gasteiger partial charge in [0.1, 0.15) is 0 Å². The predicted molar refractivity (Wildman–Crippen MR) is 54.4 cm³/mol. The molecule has 3 nitrogen and oxygen atoms in total. The van der Waals surface area contributed by atoms with Gasteiger partial charge in [-0.15, -0.1) is 11.3 Å². The van der Waals surface area contributed by atoms with E-state index in [1.807, 2.05) is 19.4 Å². The summed E-state index contributed by atoms with van der Waals surface area (Å²) in [5.41, 5.74) is 7.97. The van der Waals surface area contributed by atoms with Crippen molar-refractivity contribution in [3.8, 4) is 11.1 Å². The average Bonchev–Trinajstić information content (AvgIpc) is 2.71. The van der Waals surface area contributed by atoms with Crippen molar-refractivity contribution in [2.75, 3.05) is 0 Å². The second-order valence-corrected chi connectivity index (χ2v) is 3.86. The first-order valence-corrected chi connectivity index (χ1v) is 4.94. The number of nitrogens with two attached hydrogens (primary N) is 1. The molecule has 0 aliphatic heterocycles. The maximum atomic E-state index is 5.62. The largest absolute Gasteiger partial charge is 0.326 e. The first kappa shape index (κ1) is 8.47. The van der Waals surface area contributed by atoms with Gasteiger partial charge < -0.3 is 5.73 Å². The van der Waals surface area contributed by atoms with Gasteiger partial charge in [0.2, 0.25) is 0 Å². The zero-order chi connectivity index (χ0) is 9.26. The van der Waals surface area contributed by atoms with Gasteiger partial charge in [0.05, 0.1) is 6.20 Å². The van der Waals surface area contributed by atoms with E-state index in [0.717, 1.165) is 5.56 Å². The Hall–Kier alpha value is -1.13. The van der Waals surface area contributed by atoms with E-state index in [1.54, 1.807) is 16.0 Å². The standard InChI is InChI=1S/C9H11N3S/c1-12-6-7(5-11-12)8-2-3-13-9(8)4-10/h2-3,5-6H,4,10H2,1H3. The van der Waals surface area contributed by atoms with Gasteiger partial charge in [0, 0.05) is 30.2 Å². The maximum Gasteiger partial charge on any atom is 0.0568 e. The Kier molecular flexibility index (Phi) is 2.16. The van der Waals surface area contributed by atoms with Gasteiger partial charge in [0.15, 0.2) is 0 Å². The van der Waals surface area contributed by atoms with Gasteiger partial charge in [0.25, 0.3) is 0 Å². The van der Waals surface area contributed by atoms with Gasteiger partial charge in [-0.25, -0.2) is 0 Å². The van der Waals surface area contributed by atoms with Crippen molar-refractivity contribution in [2.45, 2.75) is 6.54 Å². The summed E-state index contributed by atoms with van der Waals surface area (Å²) in [6, 6.07) is 2.09. The summed E-state index contributed by atoms with van der Waals surface area (Å²) in [4.78, 5) is 1.22. The SMILES string of the molecule is Cn1cc(-c2ccsc2CN)cn1. The molecule has 2 N–H and O–H groups in total. The van der Waals surface area contributed by atoms with E-state index in [2.05, 4.69) is 16.5 Å². The van der Waals surface area contributed by atoms with E-state index in [9.17, 15) is 0 Å². The highest BCUT2D eigenvalue weighted by Gasteiger charge is 2.06. The molecule has 68 valence electrons. The van der Waals surface area contributed by atoms with Crippen molar-refractivity contribution >= 4 is 11.3 Å². The number of rotatable bonds is 2. The topological polar surface area (TPSA) is 43.8 Å². The van der Waals surface area contributed by atoms with Crippen LogP contribution in [0.5, 0.6) is 0 Å². The molecule has 2 aromatic heterocycles. The Morgan fingerprint density at radius 2 is 2.46 bits per heavy atom. The molecule has 2 heterocycles. The van der Waals surface area contributed by atoms with Crippen LogP contribution in [0.25, 0.3) is 11.1 Å². The highest BCUT2D eigenvalue weighted by Crippen LogP contribution is 2.27. The Morgan fingerprint density at radius 3 is 3.08 bits per heavy atom. The summed E-state index contributed by atoms with van der Waals surface area (Å²) in [5.74, 6) is 0. The third kappa shape index (κ3) is 1.50. The van der Waals surface area contributed by atoms with Crippen molar-refractivity contribution in [1.29, 1.82) is 0 Å². The summed E-state index contributed by atoms with van der Waals surface area (Å²) in [5, 5.41) is 6.19. The molecule has 0 fully saturated rings. The highest BCUT2D eigenvalue weighted by molar-refractivity contribution is 7.10. The smallest absolute Gasteiger partial charge is 0.0568 e. The van der Waals surface area contributed by atoms with E-state index in [-0.39, 0.29) is 0 Å². The fourth-order valence-corrected chi connectivity index (χ4v) is 2.09. The second-order valence-electron chi connectivity index (χ2n) is 2.86. The summed E-state index contributed by atoms with van der Waals surface area (Å²) in [6.45, 7) is 0.599. The second kappa shape index (κ2) is 3.32. The predicted octanol–water partition coefficient (Wildman–Crippen LogP) is 1.61. The molecule has 0 saturated heterocycles. The molecule has 0 amide bonds. The summed E-state index contributed by atoms with van der Waals surface area (Å²) in [7, 11) is 1.91. The van der Waals surface area contributed by atoms with Crippen molar-refractivity contribution in [1.82, 2.24) is 9.78 Å². The molecule has 0 aliphatic carbocycles. The van der Waals surface area contributed by atoms with Crippen LogP contribution in [0.3, 0.4) is 0 Å². The van der Waals surface area contributed by atoms with E-state index in [4.69, 9.17) is 5.73 Å². The Labute approximate surface area is 80.8 Å². The molecule has 0 spiro atoms. The molecule has 13 heavy (non-hydrogen) atoms. The van der Waals surface area contributed by atoms with Gasteiger partial charge in [-0.2, -0.15) is 5.10 Å². The van der Waals surface area contributed by atoms with E-state index < -0.39 is 0 Å². The van der Waals surface area contributed by atoms with Gasteiger partial charge >= 0.3 is 0 Å². The first-order valence-electron chi connectivity index (χ1n) is 4.06. The Morgan fingerprint density at radius 1 is 1.62 bits per heavy atom. The molecule has 0 unspecified atom stereocenters. The number of aromatic nitrogens is 2.